The van der Waals surface area contributed by atoms with Crippen molar-refractivity contribution in [3.63, 3.8) is 0 Å². The molecule has 156 valence electrons. The molecule has 8 nitrogen and oxygen atoms in total. The molecule has 0 fully saturated rings. The highest BCUT2D eigenvalue weighted by atomic mass is 79.9. The minimum absolute atomic E-state index is 0.0249. The van der Waals surface area contributed by atoms with Crippen LogP contribution in [0, 0.1) is 6.92 Å². The summed E-state index contributed by atoms with van der Waals surface area (Å²) in [5.41, 5.74) is -1.04. The quantitative estimate of drug-likeness (QED) is 0.663. The Kier molecular flexibility index (Phi) is 6.67. The van der Waals surface area contributed by atoms with Gasteiger partial charge in [0.2, 0.25) is 5.91 Å². The Labute approximate surface area is 171 Å². The monoisotopic (exact) mass is 477 g/mol. The Balaban J connectivity index is 2.29. The number of hydrogen-bond acceptors (Lipinski definition) is 6. The third kappa shape index (κ3) is 5.13. The minimum Gasteiger partial charge on any atom is -0.465 e. The predicted molar refractivity (Wildman–Crippen MR) is 97.4 cm³/mol. The lowest BCUT2D eigenvalue weighted by Gasteiger charge is -2.10. The van der Waals surface area contributed by atoms with Crippen LogP contribution in [0.25, 0.3) is 0 Å². The number of ether oxygens (including phenoxy) is 2. The first-order valence-corrected chi connectivity index (χ1v) is 8.69. The van der Waals surface area contributed by atoms with Gasteiger partial charge in [-0.05, 0) is 41.1 Å². The van der Waals surface area contributed by atoms with E-state index >= 15 is 0 Å². The number of aromatic nitrogens is 2. The van der Waals surface area contributed by atoms with E-state index in [1.807, 2.05) is 0 Å². The van der Waals surface area contributed by atoms with Gasteiger partial charge in [0.15, 0.2) is 5.69 Å². The number of rotatable bonds is 5. The van der Waals surface area contributed by atoms with Gasteiger partial charge in [-0.15, -0.1) is 0 Å². The molecule has 0 saturated carbocycles. The highest BCUT2D eigenvalue weighted by molar-refractivity contribution is 9.10. The smallest absolute Gasteiger partial charge is 0.436 e. The van der Waals surface area contributed by atoms with Gasteiger partial charge in [0.25, 0.3) is 0 Å². The molecule has 29 heavy (non-hydrogen) atoms. The van der Waals surface area contributed by atoms with E-state index in [9.17, 15) is 27.6 Å². The molecule has 0 saturated heterocycles. The first kappa shape index (κ1) is 22.4. The number of nitrogens with one attached hydrogen (secondary N) is 1. The molecular weight excluding hydrogens is 463 g/mol. The van der Waals surface area contributed by atoms with Gasteiger partial charge >= 0.3 is 18.1 Å². The van der Waals surface area contributed by atoms with Crippen LogP contribution in [-0.4, -0.2) is 41.8 Å². The van der Waals surface area contributed by atoms with Crippen LogP contribution >= 0.6 is 15.9 Å². The first-order valence-electron chi connectivity index (χ1n) is 7.89. The van der Waals surface area contributed by atoms with Crippen LogP contribution < -0.4 is 5.32 Å². The summed E-state index contributed by atoms with van der Waals surface area (Å²) in [5.74, 6) is -2.24. The molecule has 2 rings (SSSR count). The van der Waals surface area contributed by atoms with Crippen molar-refractivity contribution in [1.29, 1.82) is 0 Å². The fourth-order valence-electron chi connectivity index (χ4n) is 2.37. The first-order chi connectivity index (χ1) is 13.5. The number of methoxy groups -OCH3 is 2. The molecule has 0 spiro atoms. The number of carbonyl (C=O) groups is 3. The average Bonchev–Trinajstić information content (AvgIpc) is 2.94. The Morgan fingerprint density at radius 3 is 2.03 bits per heavy atom. The molecule has 0 bridgehead atoms. The Morgan fingerprint density at radius 2 is 1.62 bits per heavy atom. The molecule has 2 aromatic rings. The molecule has 1 N–H and O–H groups in total. The number of halogens is 4. The molecule has 1 aromatic carbocycles. The van der Waals surface area contributed by atoms with Gasteiger partial charge in [0.1, 0.15) is 6.54 Å². The van der Waals surface area contributed by atoms with Crippen molar-refractivity contribution >= 4 is 39.5 Å². The number of carbonyl (C=O) groups excluding carboxylic acids is 3. The third-order valence-corrected chi connectivity index (χ3v) is 4.70. The summed E-state index contributed by atoms with van der Waals surface area (Å²) in [7, 11) is 2.28. The summed E-state index contributed by atoms with van der Waals surface area (Å²) >= 11 is 2.82. The third-order valence-electron chi connectivity index (χ3n) is 3.75. The number of nitrogens with zero attached hydrogens (tertiary/aromatic N) is 2. The lowest BCUT2D eigenvalue weighted by atomic mass is 10.1. The molecule has 1 amide bonds. The van der Waals surface area contributed by atoms with Gasteiger partial charge < -0.3 is 14.8 Å². The van der Waals surface area contributed by atoms with E-state index in [1.54, 1.807) is 0 Å². The molecule has 0 unspecified atom stereocenters. The van der Waals surface area contributed by atoms with Crippen LogP contribution in [0.15, 0.2) is 22.7 Å². The van der Waals surface area contributed by atoms with Gasteiger partial charge in [-0.2, -0.15) is 18.3 Å². The largest absolute Gasteiger partial charge is 0.465 e. The standard InChI is InChI=1S/C17H15BrF3N3O5/c1-8-13(18)14(17(19,20)21)23-24(8)7-12(25)22-11-5-9(15(26)28-2)4-10(6-11)16(27)29-3/h4-6H,7H2,1-3H3,(H,22,25). The zero-order valence-electron chi connectivity index (χ0n) is 15.4. The van der Waals surface area contributed by atoms with Crippen LogP contribution in [0.2, 0.25) is 0 Å². The Morgan fingerprint density at radius 1 is 1.10 bits per heavy atom. The maximum atomic E-state index is 12.9. The highest BCUT2D eigenvalue weighted by Gasteiger charge is 2.38. The van der Waals surface area contributed by atoms with Crippen LogP contribution in [0.4, 0.5) is 18.9 Å². The van der Waals surface area contributed by atoms with Crippen molar-refractivity contribution in [2.75, 3.05) is 19.5 Å². The topological polar surface area (TPSA) is 99.5 Å². The zero-order valence-corrected chi connectivity index (χ0v) is 17.0. The molecule has 12 heteroatoms. The van der Waals surface area contributed by atoms with E-state index in [-0.39, 0.29) is 27.0 Å². The SMILES string of the molecule is COC(=O)c1cc(NC(=O)Cn2nc(C(F)(F)F)c(Br)c2C)cc(C(=O)OC)c1. The van der Waals surface area contributed by atoms with Crippen LogP contribution in [0.5, 0.6) is 0 Å². The molecular formula is C17H15BrF3N3O5. The summed E-state index contributed by atoms with van der Waals surface area (Å²) in [6.07, 6.45) is -4.68. The number of esters is 2. The second-order valence-electron chi connectivity index (χ2n) is 5.73. The lowest BCUT2D eigenvalue weighted by molar-refractivity contribution is -0.142. The molecule has 0 aliphatic heterocycles. The number of benzene rings is 1. The number of amides is 1. The van der Waals surface area contributed by atoms with Crippen LogP contribution in [0.3, 0.4) is 0 Å². The zero-order chi connectivity index (χ0) is 21.9. The van der Waals surface area contributed by atoms with Crippen molar-refractivity contribution in [2.24, 2.45) is 0 Å². The summed E-state index contributed by atoms with van der Waals surface area (Å²) in [4.78, 5) is 35.8. The molecule has 0 radical (unpaired) electrons. The summed E-state index contributed by atoms with van der Waals surface area (Å²) in [6, 6.07) is 3.73. The fourth-order valence-corrected chi connectivity index (χ4v) is 2.88. The van der Waals surface area contributed by atoms with E-state index in [2.05, 4.69) is 35.8 Å². The molecule has 1 heterocycles. The highest BCUT2D eigenvalue weighted by Crippen LogP contribution is 2.35. The van der Waals surface area contributed by atoms with Gasteiger partial charge in [-0.3, -0.25) is 9.48 Å². The van der Waals surface area contributed by atoms with Crippen LogP contribution in [0.1, 0.15) is 32.1 Å². The van der Waals surface area contributed by atoms with Crippen molar-refractivity contribution in [3.8, 4) is 0 Å². The van der Waals surface area contributed by atoms with E-state index in [1.165, 1.54) is 25.1 Å². The van der Waals surface area contributed by atoms with Gasteiger partial charge in [-0.1, -0.05) is 0 Å². The van der Waals surface area contributed by atoms with Crippen molar-refractivity contribution in [2.45, 2.75) is 19.6 Å². The predicted octanol–water partition coefficient (Wildman–Crippen LogP) is 3.18. The normalized spacial score (nSPS) is 11.1. The molecule has 0 aliphatic rings. The van der Waals surface area contributed by atoms with E-state index in [4.69, 9.17) is 0 Å². The van der Waals surface area contributed by atoms with E-state index in [0.29, 0.717) is 0 Å². The van der Waals surface area contributed by atoms with Gasteiger partial charge in [-0.25, -0.2) is 9.59 Å². The number of anilines is 1. The average molecular weight is 478 g/mol. The summed E-state index contributed by atoms with van der Waals surface area (Å²) in [6.45, 7) is 0.837. The second-order valence-corrected chi connectivity index (χ2v) is 6.53. The van der Waals surface area contributed by atoms with Crippen LogP contribution in [-0.2, 0) is 27.0 Å². The fraction of sp³-hybridized carbons (Fsp3) is 0.294. The Hall–Kier alpha value is -2.89. The van der Waals surface area contributed by atoms with E-state index < -0.39 is 36.3 Å². The number of alkyl halides is 3. The maximum Gasteiger partial charge on any atom is 0.436 e. The van der Waals surface area contributed by atoms with Gasteiger partial charge in [0.05, 0.1) is 35.5 Å². The van der Waals surface area contributed by atoms with Gasteiger partial charge in [0, 0.05) is 5.69 Å². The Bertz CT molecular complexity index is 938. The minimum atomic E-state index is -4.68. The number of hydrogen-bond donors (Lipinski definition) is 1. The summed E-state index contributed by atoms with van der Waals surface area (Å²) < 4.78 is 48.6. The molecule has 0 aliphatic carbocycles. The second kappa shape index (κ2) is 8.64. The molecule has 1 aromatic heterocycles. The van der Waals surface area contributed by atoms with E-state index in [0.717, 1.165) is 18.9 Å². The van der Waals surface area contributed by atoms with Crippen molar-refractivity contribution < 1.29 is 37.0 Å². The summed E-state index contributed by atoms with van der Waals surface area (Å²) in [5, 5.41) is 5.83. The maximum absolute atomic E-state index is 12.9. The molecule has 0 atom stereocenters. The van der Waals surface area contributed by atoms with Crippen molar-refractivity contribution in [1.82, 2.24) is 9.78 Å². The van der Waals surface area contributed by atoms with Crippen molar-refractivity contribution in [3.05, 3.63) is 45.2 Å². The lowest BCUT2D eigenvalue weighted by Crippen LogP contribution is -2.21.